The van der Waals surface area contributed by atoms with Gasteiger partial charge in [-0.25, -0.2) is 0 Å². The van der Waals surface area contributed by atoms with Crippen molar-refractivity contribution in [2.75, 3.05) is 20.3 Å². The summed E-state index contributed by atoms with van der Waals surface area (Å²) in [5.41, 5.74) is 0.919. The first-order chi connectivity index (χ1) is 13.0. The van der Waals surface area contributed by atoms with Crippen molar-refractivity contribution < 1.29 is 19.1 Å². The lowest BCUT2D eigenvalue weighted by Crippen LogP contribution is -2.29. The largest absolute Gasteiger partial charge is 0.494 e. The van der Waals surface area contributed by atoms with Crippen LogP contribution in [0.1, 0.15) is 44.6 Å². The van der Waals surface area contributed by atoms with Crippen LogP contribution in [0.4, 0.5) is 0 Å². The minimum absolute atomic E-state index is 0.0575. The van der Waals surface area contributed by atoms with Gasteiger partial charge in [0.1, 0.15) is 10.1 Å². The Kier molecular flexibility index (Phi) is 8.81. The fraction of sp³-hybridized carbons (Fsp3) is 0.450. The second-order valence-electron chi connectivity index (χ2n) is 6.14. The second-order valence-corrected chi connectivity index (χ2v) is 7.82. The van der Waals surface area contributed by atoms with Crippen molar-refractivity contribution in [3.8, 4) is 5.75 Å². The molecule has 7 heteroatoms. The van der Waals surface area contributed by atoms with Crippen molar-refractivity contribution in [3.05, 3.63) is 34.7 Å². The Morgan fingerprint density at radius 1 is 1.30 bits per heavy atom. The average molecular weight is 408 g/mol. The number of nitrogens with zero attached hydrogens (tertiary/aromatic N) is 1. The molecule has 0 saturated carbocycles. The molecule has 27 heavy (non-hydrogen) atoms. The molecule has 0 atom stereocenters. The molecule has 0 spiro atoms. The number of thiocarbonyl (C=S) groups is 1. The number of hydrogen-bond donors (Lipinski definition) is 0. The summed E-state index contributed by atoms with van der Waals surface area (Å²) < 4.78 is 10.8. The van der Waals surface area contributed by atoms with Gasteiger partial charge in [-0.1, -0.05) is 49.5 Å². The summed E-state index contributed by atoms with van der Waals surface area (Å²) in [5, 5.41) is 0. The standard InChI is InChI=1S/C20H25NO4S2/c1-3-12-25-16-9-7-8-15(13-16)14-17-19(23)21(20(26)27-17)11-6-4-5-10-18(22)24-2/h7-9,13-14H,3-6,10-12H2,1-2H3/b17-14+. The highest BCUT2D eigenvalue weighted by Crippen LogP contribution is 2.33. The SMILES string of the molecule is CCCOc1cccc(/C=C2/SC(=S)N(CCCCCC(=O)OC)C2=O)c1. The molecular formula is C20H25NO4S2. The Labute approximate surface area is 170 Å². The van der Waals surface area contributed by atoms with Gasteiger partial charge in [-0.05, 0) is 43.0 Å². The lowest BCUT2D eigenvalue weighted by atomic mass is 10.2. The number of esters is 1. The van der Waals surface area contributed by atoms with Gasteiger partial charge in [0.25, 0.3) is 5.91 Å². The molecule has 1 fully saturated rings. The van der Waals surface area contributed by atoms with E-state index in [2.05, 4.69) is 11.7 Å². The van der Waals surface area contributed by atoms with E-state index in [0.29, 0.717) is 28.8 Å². The lowest BCUT2D eigenvalue weighted by Gasteiger charge is -2.13. The van der Waals surface area contributed by atoms with Crippen molar-refractivity contribution in [2.24, 2.45) is 0 Å². The van der Waals surface area contributed by atoms with E-state index < -0.39 is 0 Å². The van der Waals surface area contributed by atoms with Crippen molar-refractivity contribution in [3.63, 3.8) is 0 Å². The highest BCUT2D eigenvalue weighted by Gasteiger charge is 2.31. The van der Waals surface area contributed by atoms with Crippen molar-refractivity contribution in [1.29, 1.82) is 0 Å². The molecule has 2 rings (SSSR count). The van der Waals surface area contributed by atoms with E-state index in [9.17, 15) is 9.59 Å². The summed E-state index contributed by atoms with van der Waals surface area (Å²) in [6.07, 6.45) is 5.62. The Bertz CT molecular complexity index is 718. The molecule has 5 nitrogen and oxygen atoms in total. The topological polar surface area (TPSA) is 55.8 Å². The summed E-state index contributed by atoms with van der Waals surface area (Å²) in [6.45, 7) is 3.30. The highest BCUT2D eigenvalue weighted by atomic mass is 32.2. The van der Waals surface area contributed by atoms with Crippen molar-refractivity contribution >= 4 is 46.3 Å². The van der Waals surface area contributed by atoms with Crippen LogP contribution in [0.25, 0.3) is 6.08 Å². The molecule has 1 aliphatic rings. The van der Waals surface area contributed by atoms with Gasteiger partial charge in [0, 0.05) is 13.0 Å². The molecule has 1 aromatic rings. The zero-order valence-corrected chi connectivity index (χ0v) is 17.4. The van der Waals surface area contributed by atoms with E-state index in [0.717, 1.165) is 37.0 Å². The molecule has 0 N–H and O–H groups in total. The van der Waals surface area contributed by atoms with Gasteiger partial charge in [-0.15, -0.1) is 0 Å². The predicted molar refractivity (Wildman–Crippen MR) is 113 cm³/mol. The highest BCUT2D eigenvalue weighted by molar-refractivity contribution is 8.26. The first kappa shape index (κ1) is 21.4. The van der Waals surface area contributed by atoms with Crippen LogP contribution in [0.15, 0.2) is 29.2 Å². The van der Waals surface area contributed by atoms with E-state index in [4.69, 9.17) is 17.0 Å². The summed E-state index contributed by atoms with van der Waals surface area (Å²) in [4.78, 5) is 26.0. The lowest BCUT2D eigenvalue weighted by molar-refractivity contribution is -0.140. The number of methoxy groups -OCH3 is 1. The summed E-state index contributed by atoms with van der Waals surface area (Å²) in [7, 11) is 1.39. The fourth-order valence-electron chi connectivity index (χ4n) is 2.58. The fourth-order valence-corrected chi connectivity index (χ4v) is 3.88. The molecule has 0 radical (unpaired) electrons. The van der Waals surface area contributed by atoms with Crippen LogP contribution in [0.2, 0.25) is 0 Å². The van der Waals surface area contributed by atoms with Crippen LogP contribution >= 0.6 is 24.0 Å². The number of amides is 1. The Morgan fingerprint density at radius 2 is 2.11 bits per heavy atom. The minimum atomic E-state index is -0.200. The van der Waals surface area contributed by atoms with E-state index >= 15 is 0 Å². The molecule has 1 amide bonds. The van der Waals surface area contributed by atoms with Gasteiger partial charge in [-0.2, -0.15) is 0 Å². The predicted octanol–water partition coefficient (Wildman–Crippen LogP) is 4.41. The van der Waals surface area contributed by atoms with Gasteiger partial charge in [0.05, 0.1) is 18.6 Å². The maximum absolute atomic E-state index is 12.6. The number of thioether (sulfide) groups is 1. The number of carbonyl (C=O) groups excluding carboxylic acids is 2. The number of ether oxygens (including phenoxy) is 2. The van der Waals surface area contributed by atoms with E-state index in [-0.39, 0.29) is 11.9 Å². The second kappa shape index (κ2) is 11.1. The molecule has 146 valence electrons. The Balaban J connectivity index is 1.91. The number of unbranched alkanes of at least 4 members (excludes halogenated alkanes) is 2. The smallest absolute Gasteiger partial charge is 0.305 e. The summed E-state index contributed by atoms with van der Waals surface area (Å²) in [5.74, 6) is 0.540. The third-order valence-electron chi connectivity index (χ3n) is 3.99. The van der Waals surface area contributed by atoms with Gasteiger partial charge < -0.3 is 9.47 Å². The monoisotopic (exact) mass is 407 g/mol. The Hall–Kier alpha value is -1.86. The first-order valence-electron chi connectivity index (χ1n) is 9.10. The molecular weight excluding hydrogens is 382 g/mol. The maximum atomic E-state index is 12.6. The van der Waals surface area contributed by atoms with Crippen LogP contribution in [-0.2, 0) is 14.3 Å². The third kappa shape index (κ3) is 6.66. The molecule has 1 aliphatic heterocycles. The van der Waals surface area contributed by atoms with Crippen LogP contribution in [0.5, 0.6) is 5.75 Å². The quantitative estimate of drug-likeness (QED) is 0.248. The average Bonchev–Trinajstić information content (AvgIpc) is 2.93. The van der Waals surface area contributed by atoms with Gasteiger partial charge in [0.2, 0.25) is 0 Å². The number of hydrogen-bond acceptors (Lipinski definition) is 6. The molecule has 0 unspecified atom stereocenters. The van der Waals surface area contributed by atoms with E-state index in [1.807, 2.05) is 30.3 Å². The Morgan fingerprint density at radius 3 is 2.85 bits per heavy atom. The molecule has 0 aromatic heterocycles. The van der Waals surface area contributed by atoms with Gasteiger partial charge >= 0.3 is 5.97 Å². The molecule has 1 heterocycles. The third-order valence-corrected chi connectivity index (χ3v) is 5.37. The summed E-state index contributed by atoms with van der Waals surface area (Å²) in [6, 6.07) is 7.69. The molecule has 0 bridgehead atoms. The van der Waals surface area contributed by atoms with Crippen LogP contribution < -0.4 is 4.74 Å². The molecule has 1 saturated heterocycles. The number of carbonyl (C=O) groups is 2. The van der Waals surface area contributed by atoms with Crippen LogP contribution in [-0.4, -0.2) is 41.4 Å². The molecule has 0 aliphatic carbocycles. The maximum Gasteiger partial charge on any atom is 0.305 e. The zero-order valence-electron chi connectivity index (χ0n) is 15.7. The van der Waals surface area contributed by atoms with E-state index in [1.54, 1.807) is 4.90 Å². The van der Waals surface area contributed by atoms with Crippen LogP contribution in [0.3, 0.4) is 0 Å². The van der Waals surface area contributed by atoms with Gasteiger partial charge in [-0.3, -0.25) is 14.5 Å². The van der Waals surface area contributed by atoms with Crippen molar-refractivity contribution in [2.45, 2.75) is 39.0 Å². The summed E-state index contributed by atoms with van der Waals surface area (Å²) >= 11 is 6.69. The first-order valence-corrected chi connectivity index (χ1v) is 10.3. The molecule has 1 aromatic carbocycles. The number of rotatable bonds is 10. The normalized spacial score (nSPS) is 15.5. The minimum Gasteiger partial charge on any atom is -0.494 e. The zero-order chi connectivity index (χ0) is 19.6. The van der Waals surface area contributed by atoms with Crippen LogP contribution in [0, 0.1) is 0 Å². The van der Waals surface area contributed by atoms with Crippen molar-refractivity contribution in [1.82, 2.24) is 4.90 Å². The van der Waals surface area contributed by atoms with E-state index in [1.165, 1.54) is 18.9 Å². The number of benzene rings is 1. The van der Waals surface area contributed by atoms with Gasteiger partial charge in [0.15, 0.2) is 0 Å².